The summed E-state index contributed by atoms with van der Waals surface area (Å²) in [5.41, 5.74) is 4.81. The molecule has 6 nitrogen and oxygen atoms in total. The lowest BCUT2D eigenvalue weighted by Gasteiger charge is -2.11. The Hall–Kier alpha value is -3.66. The van der Waals surface area contributed by atoms with Crippen LogP contribution in [0.15, 0.2) is 59.7 Å². The summed E-state index contributed by atoms with van der Waals surface area (Å²) in [4.78, 5) is 21.0. The summed E-state index contributed by atoms with van der Waals surface area (Å²) in [6.45, 7) is 1.92. The minimum atomic E-state index is -4.61. The van der Waals surface area contributed by atoms with Crippen molar-refractivity contribution < 1.29 is 18.0 Å². The monoisotopic (exact) mass is 441 g/mol. The van der Waals surface area contributed by atoms with Crippen LogP contribution in [0, 0.1) is 6.92 Å². The Morgan fingerprint density at radius 1 is 1.06 bits per heavy atom. The van der Waals surface area contributed by atoms with E-state index in [1.807, 2.05) is 30.5 Å². The van der Waals surface area contributed by atoms with Crippen LogP contribution < -0.4 is 5.32 Å². The van der Waals surface area contributed by atoms with Gasteiger partial charge in [-0.3, -0.25) is 9.78 Å². The molecule has 4 rings (SSSR count). The van der Waals surface area contributed by atoms with Crippen LogP contribution in [0.4, 0.5) is 18.9 Å². The molecule has 0 saturated heterocycles. The molecule has 1 aromatic carbocycles. The third kappa shape index (κ3) is 4.58. The highest BCUT2D eigenvalue weighted by Crippen LogP contribution is 2.30. The van der Waals surface area contributed by atoms with Crippen LogP contribution in [0.2, 0.25) is 0 Å². The van der Waals surface area contributed by atoms with Crippen molar-refractivity contribution in [2.45, 2.75) is 13.1 Å². The summed E-state index contributed by atoms with van der Waals surface area (Å²) < 4.78 is 38.6. The van der Waals surface area contributed by atoms with Crippen molar-refractivity contribution in [1.82, 2.24) is 20.2 Å². The number of rotatable bonds is 4. The van der Waals surface area contributed by atoms with Gasteiger partial charge < -0.3 is 5.32 Å². The number of hydrogen-bond donors (Lipinski definition) is 1. The molecule has 0 fully saturated rings. The van der Waals surface area contributed by atoms with Crippen LogP contribution in [-0.4, -0.2) is 26.1 Å². The van der Waals surface area contributed by atoms with Crippen LogP contribution in [0.5, 0.6) is 0 Å². The van der Waals surface area contributed by atoms with Crippen LogP contribution in [-0.2, 0) is 6.18 Å². The molecule has 31 heavy (non-hydrogen) atoms. The molecule has 1 amide bonds. The highest BCUT2D eigenvalue weighted by Gasteiger charge is 2.32. The number of pyridine rings is 1. The van der Waals surface area contributed by atoms with Gasteiger partial charge in [0, 0.05) is 17.3 Å². The summed E-state index contributed by atoms with van der Waals surface area (Å²) in [6, 6.07) is 9.62. The molecule has 0 aliphatic carbocycles. The predicted molar refractivity (Wildman–Crippen MR) is 111 cm³/mol. The number of amides is 1. The molecule has 0 atom stereocenters. The number of benzene rings is 1. The van der Waals surface area contributed by atoms with Gasteiger partial charge in [-0.2, -0.15) is 18.3 Å². The molecular formula is C21H14F3N5OS. The maximum absolute atomic E-state index is 12.9. The minimum Gasteiger partial charge on any atom is -0.321 e. The fourth-order valence-electron chi connectivity index (χ4n) is 2.92. The fourth-order valence-corrected chi connectivity index (χ4v) is 3.46. The van der Waals surface area contributed by atoms with Gasteiger partial charge >= 0.3 is 6.18 Å². The number of carbonyl (C=O) groups excluding carboxylic acids is 1. The van der Waals surface area contributed by atoms with Crippen molar-refractivity contribution >= 4 is 22.9 Å². The SMILES string of the molecule is Cc1ccc(NC(=O)c2cc(C(F)(F)F)cnn2)cc1-c1ccnc(-c2cscn2)c1. The lowest BCUT2D eigenvalue weighted by atomic mass is 9.99. The Kier molecular flexibility index (Phi) is 5.47. The fraction of sp³-hybridized carbons (Fsp3) is 0.0952. The molecule has 0 radical (unpaired) electrons. The molecular weight excluding hydrogens is 427 g/mol. The van der Waals surface area contributed by atoms with E-state index in [1.54, 1.807) is 23.8 Å². The molecule has 0 aliphatic rings. The van der Waals surface area contributed by atoms with Gasteiger partial charge in [-0.1, -0.05) is 6.07 Å². The standard InChI is InChI=1S/C21H14F3N5OS/c1-12-2-3-15(28-20(30)18-7-14(9-27-29-18)21(22,23)24)8-16(12)13-4-5-25-17(6-13)19-10-31-11-26-19/h2-11H,1H3,(H,28,30). The number of alkyl halides is 3. The van der Waals surface area contributed by atoms with Gasteiger partial charge in [-0.25, -0.2) is 4.98 Å². The summed E-state index contributed by atoms with van der Waals surface area (Å²) in [5, 5.41) is 11.3. The molecule has 0 unspecified atom stereocenters. The van der Waals surface area contributed by atoms with Crippen molar-refractivity contribution in [2.75, 3.05) is 5.32 Å². The number of thiazole rings is 1. The van der Waals surface area contributed by atoms with E-state index in [1.165, 1.54) is 11.3 Å². The topological polar surface area (TPSA) is 80.7 Å². The average Bonchev–Trinajstić information content (AvgIpc) is 3.30. The van der Waals surface area contributed by atoms with Gasteiger partial charge in [0.2, 0.25) is 0 Å². The van der Waals surface area contributed by atoms with E-state index < -0.39 is 23.3 Å². The summed E-state index contributed by atoms with van der Waals surface area (Å²) in [5.74, 6) is -0.786. The zero-order valence-electron chi connectivity index (χ0n) is 16.0. The number of aromatic nitrogens is 4. The molecule has 0 aliphatic heterocycles. The summed E-state index contributed by atoms with van der Waals surface area (Å²) in [7, 11) is 0. The first-order valence-electron chi connectivity index (χ1n) is 8.98. The minimum absolute atomic E-state index is 0.414. The molecule has 3 heterocycles. The zero-order valence-corrected chi connectivity index (χ0v) is 16.8. The Morgan fingerprint density at radius 2 is 1.90 bits per heavy atom. The smallest absolute Gasteiger partial charge is 0.321 e. The first-order valence-corrected chi connectivity index (χ1v) is 9.92. The van der Waals surface area contributed by atoms with Gasteiger partial charge in [0.25, 0.3) is 5.91 Å². The predicted octanol–water partition coefficient (Wildman–Crippen LogP) is 5.24. The van der Waals surface area contributed by atoms with Crippen molar-refractivity contribution in [2.24, 2.45) is 0 Å². The zero-order chi connectivity index (χ0) is 22.0. The van der Waals surface area contributed by atoms with E-state index in [4.69, 9.17) is 0 Å². The molecule has 0 saturated carbocycles. The van der Waals surface area contributed by atoms with Crippen molar-refractivity contribution in [1.29, 1.82) is 0 Å². The van der Waals surface area contributed by atoms with Crippen molar-refractivity contribution in [3.63, 3.8) is 0 Å². The Morgan fingerprint density at radius 3 is 2.65 bits per heavy atom. The largest absolute Gasteiger partial charge is 0.418 e. The second-order valence-electron chi connectivity index (χ2n) is 6.61. The Balaban J connectivity index is 1.62. The summed E-state index contributed by atoms with van der Waals surface area (Å²) >= 11 is 1.47. The van der Waals surface area contributed by atoms with Crippen LogP contribution in [0.25, 0.3) is 22.5 Å². The average molecular weight is 441 g/mol. The number of carbonyl (C=O) groups is 1. The van der Waals surface area contributed by atoms with E-state index in [9.17, 15) is 18.0 Å². The second-order valence-corrected chi connectivity index (χ2v) is 7.33. The van der Waals surface area contributed by atoms with Crippen LogP contribution in [0.3, 0.4) is 0 Å². The maximum atomic E-state index is 12.9. The van der Waals surface area contributed by atoms with Gasteiger partial charge in [-0.15, -0.1) is 16.4 Å². The van der Waals surface area contributed by atoms with Gasteiger partial charge in [0.05, 0.1) is 28.7 Å². The summed E-state index contributed by atoms with van der Waals surface area (Å²) in [6.07, 6.45) is -2.37. The van der Waals surface area contributed by atoms with Crippen LogP contribution in [0.1, 0.15) is 21.6 Å². The third-order valence-electron chi connectivity index (χ3n) is 4.48. The number of hydrogen-bond acceptors (Lipinski definition) is 6. The van der Waals surface area contributed by atoms with Crippen LogP contribution >= 0.6 is 11.3 Å². The van der Waals surface area contributed by atoms with Crippen molar-refractivity contribution in [3.05, 3.63) is 76.5 Å². The van der Waals surface area contributed by atoms with E-state index >= 15 is 0 Å². The number of halogens is 3. The molecule has 0 spiro atoms. The first kappa shape index (κ1) is 20.6. The Labute approximate surface area is 178 Å². The second kappa shape index (κ2) is 8.23. The van der Waals surface area contributed by atoms with Gasteiger partial charge in [-0.05, 0) is 53.9 Å². The quantitative estimate of drug-likeness (QED) is 0.468. The molecule has 156 valence electrons. The normalized spacial score (nSPS) is 11.4. The maximum Gasteiger partial charge on any atom is 0.418 e. The van der Waals surface area contributed by atoms with E-state index in [0.29, 0.717) is 23.6 Å². The molecule has 0 bridgehead atoms. The van der Waals surface area contributed by atoms with E-state index in [2.05, 4.69) is 25.5 Å². The molecule has 10 heteroatoms. The number of nitrogens with one attached hydrogen (secondary N) is 1. The first-order chi connectivity index (χ1) is 14.8. The highest BCUT2D eigenvalue weighted by molar-refractivity contribution is 7.07. The molecule has 1 N–H and O–H groups in total. The number of nitrogens with zero attached hydrogens (tertiary/aromatic N) is 4. The van der Waals surface area contributed by atoms with Gasteiger partial charge in [0.15, 0.2) is 5.69 Å². The highest BCUT2D eigenvalue weighted by atomic mass is 32.1. The molecule has 4 aromatic rings. The number of aryl methyl sites for hydroxylation is 1. The van der Waals surface area contributed by atoms with Crippen molar-refractivity contribution in [3.8, 4) is 22.5 Å². The van der Waals surface area contributed by atoms with Gasteiger partial charge in [0.1, 0.15) is 0 Å². The number of anilines is 1. The van der Waals surface area contributed by atoms with E-state index in [-0.39, 0.29) is 0 Å². The lowest BCUT2D eigenvalue weighted by molar-refractivity contribution is -0.137. The third-order valence-corrected chi connectivity index (χ3v) is 5.06. The molecule has 3 aromatic heterocycles. The Bertz CT molecular complexity index is 1240. The van der Waals surface area contributed by atoms with E-state index in [0.717, 1.165) is 22.4 Å². The lowest BCUT2D eigenvalue weighted by Crippen LogP contribution is -2.16.